The molecule has 0 spiro atoms. The Morgan fingerprint density at radius 2 is 1.81 bits per heavy atom. The molecule has 2 nitrogen and oxygen atoms in total. The van der Waals surface area contributed by atoms with Gasteiger partial charge in [-0.05, 0) is 36.2 Å². The number of alkyl halides is 1. The highest BCUT2D eigenvalue weighted by Gasteiger charge is 2.25. The first-order valence-corrected chi connectivity index (χ1v) is 7.44. The van der Waals surface area contributed by atoms with Crippen molar-refractivity contribution in [3.63, 3.8) is 0 Å². The maximum absolute atomic E-state index is 13.9. The Kier molecular flexibility index (Phi) is 4.51. The van der Waals surface area contributed by atoms with Crippen molar-refractivity contribution in [2.45, 2.75) is 25.1 Å². The number of benzene rings is 2. The molecule has 0 amide bonds. The number of hydrogen-bond acceptors (Lipinski definition) is 2. The highest BCUT2D eigenvalue weighted by atomic mass is 19.1. The molecule has 0 saturated carbocycles. The Morgan fingerprint density at radius 3 is 2.52 bits per heavy atom. The highest BCUT2D eigenvalue weighted by Crippen LogP contribution is 2.29. The van der Waals surface area contributed by atoms with Crippen molar-refractivity contribution in [3.05, 3.63) is 65.7 Å². The molecule has 3 rings (SSSR count). The first-order chi connectivity index (χ1) is 10.3. The molecule has 21 heavy (non-hydrogen) atoms. The first kappa shape index (κ1) is 14.1. The smallest absolute Gasteiger partial charge is 0.119 e. The summed E-state index contributed by atoms with van der Waals surface area (Å²) in [4.78, 5) is 0. The van der Waals surface area contributed by atoms with Gasteiger partial charge in [-0.3, -0.25) is 0 Å². The van der Waals surface area contributed by atoms with E-state index in [4.69, 9.17) is 4.74 Å². The molecule has 2 atom stereocenters. The van der Waals surface area contributed by atoms with E-state index in [-0.39, 0.29) is 5.92 Å². The van der Waals surface area contributed by atoms with Crippen LogP contribution in [0.5, 0.6) is 5.75 Å². The van der Waals surface area contributed by atoms with E-state index in [0.717, 1.165) is 29.8 Å². The van der Waals surface area contributed by atoms with Crippen LogP contribution in [0.25, 0.3) is 0 Å². The second kappa shape index (κ2) is 6.72. The minimum Gasteiger partial charge on any atom is -0.489 e. The van der Waals surface area contributed by atoms with Crippen LogP contribution in [0, 0.1) is 0 Å². The average Bonchev–Trinajstić information content (AvgIpc) is 2.55. The summed E-state index contributed by atoms with van der Waals surface area (Å²) in [6.07, 6.45) is 0.0561. The van der Waals surface area contributed by atoms with E-state index in [1.165, 1.54) is 0 Å². The second-order valence-electron chi connectivity index (χ2n) is 5.46. The molecule has 2 aromatic carbocycles. The topological polar surface area (TPSA) is 21.3 Å². The van der Waals surface area contributed by atoms with Crippen molar-refractivity contribution in [2.75, 3.05) is 13.1 Å². The van der Waals surface area contributed by atoms with Crippen molar-refractivity contribution < 1.29 is 9.13 Å². The van der Waals surface area contributed by atoms with Crippen LogP contribution in [0.2, 0.25) is 0 Å². The van der Waals surface area contributed by atoms with Crippen molar-refractivity contribution in [1.29, 1.82) is 0 Å². The summed E-state index contributed by atoms with van der Waals surface area (Å²) in [5, 5.41) is 3.08. The fraction of sp³-hybridized carbons (Fsp3) is 0.333. The summed E-state index contributed by atoms with van der Waals surface area (Å²) in [6, 6.07) is 17.9. The van der Waals surface area contributed by atoms with Gasteiger partial charge in [0.15, 0.2) is 0 Å². The molecule has 1 saturated heterocycles. The van der Waals surface area contributed by atoms with Crippen LogP contribution in [0.1, 0.15) is 23.5 Å². The number of piperidine rings is 1. The van der Waals surface area contributed by atoms with Gasteiger partial charge in [-0.1, -0.05) is 42.5 Å². The third-order valence-electron chi connectivity index (χ3n) is 3.96. The number of nitrogens with one attached hydrogen (secondary N) is 1. The summed E-state index contributed by atoms with van der Waals surface area (Å²) in [6.45, 7) is 1.90. The van der Waals surface area contributed by atoms with Crippen molar-refractivity contribution in [2.24, 2.45) is 0 Å². The lowest BCUT2D eigenvalue weighted by atomic mass is 9.89. The van der Waals surface area contributed by atoms with Crippen LogP contribution in [-0.4, -0.2) is 19.3 Å². The highest BCUT2D eigenvalue weighted by molar-refractivity contribution is 5.31. The molecule has 2 aromatic rings. The minimum atomic E-state index is -0.796. The molecular weight excluding hydrogens is 265 g/mol. The van der Waals surface area contributed by atoms with Gasteiger partial charge in [0.1, 0.15) is 18.5 Å². The summed E-state index contributed by atoms with van der Waals surface area (Å²) < 4.78 is 19.7. The van der Waals surface area contributed by atoms with Gasteiger partial charge in [0.25, 0.3) is 0 Å². The Morgan fingerprint density at radius 1 is 1.05 bits per heavy atom. The van der Waals surface area contributed by atoms with Crippen LogP contribution in [0.3, 0.4) is 0 Å². The van der Waals surface area contributed by atoms with Gasteiger partial charge >= 0.3 is 0 Å². The lowest BCUT2D eigenvalue weighted by Crippen LogP contribution is -2.36. The predicted molar refractivity (Wildman–Crippen MR) is 82.3 cm³/mol. The van der Waals surface area contributed by atoms with E-state index in [1.54, 1.807) is 0 Å². The molecule has 0 aromatic heterocycles. The minimum absolute atomic E-state index is 0.00873. The number of ether oxygens (including phenoxy) is 1. The molecule has 1 unspecified atom stereocenters. The van der Waals surface area contributed by atoms with Crippen molar-refractivity contribution >= 4 is 0 Å². The largest absolute Gasteiger partial charge is 0.489 e. The molecule has 1 N–H and O–H groups in total. The Bertz CT molecular complexity index is 555. The van der Waals surface area contributed by atoms with Crippen LogP contribution < -0.4 is 10.1 Å². The average molecular weight is 285 g/mol. The third kappa shape index (κ3) is 3.61. The summed E-state index contributed by atoms with van der Waals surface area (Å²) in [7, 11) is 0. The molecule has 0 bridgehead atoms. The number of hydrogen-bond donors (Lipinski definition) is 1. The van der Waals surface area contributed by atoms with E-state index in [1.807, 2.05) is 54.6 Å². The molecule has 1 aliphatic heterocycles. The maximum Gasteiger partial charge on any atom is 0.119 e. The Hall–Kier alpha value is -1.87. The van der Waals surface area contributed by atoms with E-state index in [2.05, 4.69) is 5.32 Å². The standard InChI is InChI=1S/C18H20FNO/c19-18-12-20-11-10-17(18)15-6-8-16(9-7-15)21-13-14-4-2-1-3-5-14/h1-9,17-18,20H,10-13H2/t17?,18-/m0/s1. The zero-order chi connectivity index (χ0) is 14.5. The maximum atomic E-state index is 13.9. The Balaban J connectivity index is 1.61. The Labute approximate surface area is 125 Å². The molecule has 1 aliphatic rings. The van der Waals surface area contributed by atoms with E-state index < -0.39 is 6.17 Å². The fourth-order valence-electron chi connectivity index (χ4n) is 2.75. The quantitative estimate of drug-likeness (QED) is 0.925. The van der Waals surface area contributed by atoms with Gasteiger partial charge in [0, 0.05) is 12.5 Å². The molecule has 0 radical (unpaired) electrons. The van der Waals surface area contributed by atoms with Gasteiger partial charge in [0.05, 0.1) is 0 Å². The lowest BCUT2D eigenvalue weighted by molar-refractivity contribution is 0.231. The molecule has 0 aliphatic carbocycles. The van der Waals surface area contributed by atoms with Gasteiger partial charge in [-0.15, -0.1) is 0 Å². The lowest BCUT2D eigenvalue weighted by Gasteiger charge is -2.27. The fourth-order valence-corrected chi connectivity index (χ4v) is 2.75. The van der Waals surface area contributed by atoms with Crippen LogP contribution in [0.15, 0.2) is 54.6 Å². The zero-order valence-electron chi connectivity index (χ0n) is 12.0. The molecular formula is C18H20FNO. The van der Waals surface area contributed by atoms with E-state index in [0.29, 0.717) is 13.2 Å². The number of halogens is 1. The van der Waals surface area contributed by atoms with Crippen molar-refractivity contribution in [1.82, 2.24) is 5.32 Å². The zero-order valence-corrected chi connectivity index (χ0v) is 12.0. The summed E-state index contributed by atoms with van der Waals surface area (Å²) >= 11 is 0. The second-order valence-corrected chi connectivity index (χ2v) is 5.46. The SMILES string of the molecule is F[C@H]1CNCCC1c1ccc(OCc2ccccc2)cc1. The first-order valence-electron chi connectivity index (χ1n) is 7.44. The molecule has 3 heteroatoms. The van der Waals surface area contributed by atoms with Gasteiger partial charge in [-0.2, -0.15) is 0 Å². The summed E-state index contributed by atoms with van der Waals surface area (Å²) in [5.41, 5.74) is 2.21. The van der Waals surface area contributed by atoms with Gasteiger partial charge < -0.3 is 10.1 Å². The summed E-state index contributed by atoms with van der Waals surface area (Å²) in [5.74, 6) is 0.835. The number of rotatable bonds is 4. The van der Waals surface area contributed by atoms with Crippen LogP contribution in [-0.2, 0) is 6.61 Å². The third-order valence-corrected chi connectivity index (χ3v) is 3.96. The van der Waals surface area contributed by atoms with Crippen LogP contribution >= 0.6 is 0 Å². The predicted octanol–water partition coefficient (Wildman–Crippen LogP) is 3.68. The van der Waals surface area contributed by atoms with E-state index >= 15 is 0 Å². The normalized spacial score (nSPS) is 22.0. The monoisotopic (exact) mass is 285 g/mol. The van der Waals surface area contributed by atoms with Crippen LogP contribution in [0.4, 0.5) is 4.39 Å². The van der Waals surface area contributed by atoms with Gasteiger partial charge in [-0.25, -0.2) is 4.39 Å². The van der Waals surface area contributed by atoms with Gasteiger partial charge in [0.2, 0.25) is 0 Å². The van der Waals surface area contributed by atoms with Crippen molar-refractivity contribution in [3.8, 4) is 5.75 Å². The molecule has 1 fully saturated rings. The molecule has 110 valence electrons. The van der Waals surface area contributed by atoms with E-state index in [9.17, 15) is 4.39 Å². The molecule has 1 heterocycles.